The van der Waals surface area contributed by atoms with E-state index < -0.39 is 0 Å². The van der Waals surface area contributed by atoms with Crippen LogP contribution in [0.15, 0.2) is 17.5 Å². The van der Waals surface area contributed by atoms with E-state index in [0.29, 0.717) is 0 Å². The number of nitrogens with one attached hydrogen (secondary N) is 2. The van der Waals surface area contributed by atoms with Gasteiger partial charge in [0.2, 0.25) is 5.91 Å². The van der Waals surface area contributed by atoms with E-state index in [1.54, 1.807) is 11.3 Å². The van der Waals surface area contributed by atoms with Crippen molar-refractivity contribution in [2.45, 2.75) is 44.4 Å². The van der Waals surface area contributed by atoms with E-state index in [1.807, 2.05) is 0 Å². The first kappa shape index (κ1) is 14.5. The molecule has 3 nitrogen and oxygen atoms in total. The molecule has 0 spiro atoms. The molecule has 1 saturated carbocycles. The van der Waals surface area contributed by atoms with Crippen molar-refractivity contribution in [2.75, 3.05) is 19.6 Å². The molecular formula is C15H24N2OS. The average Bonchev–Trinajstić information content (AvgIpc) is 2.99. The van der Waals surface area contributed by atoms with Gasteiger partial charge in [0.25, 0.3) is 0 Å². The second-order valence-electron chi connectivity index (χ2n) is 5.23. The van der Waals surface area contributed by atoms with E-state index in [4.69, 9.17) is 0 Å². The van der Waals surface area contributed by atoms with Gasteiger partial charge in [-0.2, -0.15) is 0 Å². The van der Waals surface area contributed by atoms with E-state index in [0.717, 1.165) is 32.5 Å². The summed E-state index contributed by atoms with van der Waals surface area (Å²) in [5.74, 6) is 0.229. The number of carbonyl (C=O) groups is 1. The molecule has 2 rings (SSSR count). The minimum absolute atomic E-state index is 0.229. The summed E-state index contributed by atoms with van der Waals surface area (Å²) in [5, 5.41) is 8.44. The number of hydrogen-bond acceptors (Lipinski definition) is 3. The van der Waals surface area contributed by atoms with Crippen molar-refractivity contribution in [1.29, 1.82) is 0 Å². The summed E-state index contributed by atoms with van der Waals surface area (Å²) in [6.07, 6.45) is 5.59. The number of rotatable bonds is 6. The Morgan fingerprint density at radius 3 is 2.74 bits per heavy atom. The molecule has 0 radical (unpaired) electrons. The molecule has 1 fully saturated rings. The zero-order chi connectivity index (χ0) is 13.6. The van der Waals surface area contributed by atoms with Crippen molar-refractivity contribution in [2.24, 2.45) is 0 Å². The van der Waals surface area contributed by atoms with Crippen molar-refractivity contribution in [3.05, 3.63) is 22.4 Å². The third-order valence-electron chi connectivity index (χ3n) is 3.97. The van der Waals surface area contributed by atoms with Gasteiger partial charge in [-0.05, 0) is 30.8 Å². The Hall–Kier alpha value is -0.870. The van der Waals surface area contributed by atoms with Crippen LogP contribution < -0.4 is 10.6 Å². The minimum Gasteiger partial charge on any atom is -0.354 e. The number of hydrogen-bond donors (Lipinski definition) is 2. The topological polar surface area (TPSA) is 41.1 Å². The third kappa shape index (κ3) is 3.37. The Bertz CT molecular complexity index is 383. The van der Waals surface area contributed by atoms with Gasteiger partial charge in [-0.1, -0.05) is 32.3 Å². The number of likely N-dealkylation sites (N-methyl/N-ethyl adjacent to an activating group) is 1. The second-order valence-corrected chi connectivity index (χ2v) is 6.18. The molecule has 1 aromatic heterocycles. The minimum atomic E-state index is -0.251. The van der Waals surface area contributed by atoms with Gasteiger partial charge in [-0.3, -0.25) is 4.79 Å². The standard InChI is InChI=1S/C15H24N2OS/c1-2-16-10-11-17-14(18)15(8-4-3-5-9-15)13-7-6-12-19-13/h6-7,12,16H,2-5,8-11H2,1H3,(H,17,18). The van der Waals surface area contributed by atoms with Crippen LogP contribution in [0.4, 0.5) is 0 Å². The average molecular weight is 280 g/mol. The van der Waals surface area contributed by atoms with Crippen LogP contribution in [-0.4, -0.2) is 25.5 Å². The fourth-order valence-corrected chi connectivity index (χ4v) is 3.89. The largest absolute Gasteiger partial charge is 0.354 e. The summed E-state index contributed by atoms with van der Waals surface area (Å²) < 4.78 is 0. The number of carbonyl (C=O) groups excluding carboxylic acids is 1. The van der Waals surface area contributed by atoms with Gasteiger partial charge < -0.3 is 10.6 Å². The molecule has 4 heteroatoms. The normalized spacial score (nSPS) is 18.2. The van der Waals surface area contributed by atoms with Crippen LogP contribution in [0, 0.1) is 0 Å². The zero-order valence-electron chi connectivity index (χ0n) is 11.7. The van der Waals surface area contributed by atoms with Crippen molar-refractivity contribution in [3.63, 3.8) is 0 Å². The Morgan fingerprint density at radius 2 is 2.11 bits per heavy atom. The van der Waals surface area contributed by atoms with Gasteiger partial charge in [0.1, 0.15) is 0 Å². The quantitative estimate of drug-likeness (QED) is 0.787. The molecule has 0 unspecified atom stereocenters. The molecule has 0 saturated heterocycles. The van der Waals surface area contributed by atoms with Gasteiger partial charge in [0, 0.05) is 18.0 Å². The number of thiophene rings is 1. The molecule has 0 bridgehead atoms. The molecule has 1 aliphatic carbocycles. The smallest absolute Gasteiger partial charge is 0.231 e. The molecule has 1 amide bonds. The predicted molar refractivity (Wildman–Crippen MR) is 80.6 cm³/mol. The van der Waals surface area contributed by atoms with E-state index in [9.17, 15) is 4.79 Å². The molecule has 1 aromatic rings. The van der Waals surface area contributed by atoms with Gasteiger partial charge in [0.05, 0.1) is 5.41 Å². The maximum absolute atomic E-state index is 12.6. The lowest BCUT2D eigenvalue weighted by Crippen LogP contribution is -2.47. The Kier molecular flexibility index (Phi) is 5.40. The molecule has 106 valence electrons. The molecule has 0 atom stereocenters. The highest BCUT2D eigenvalue weighted by atomic mass is 32.1. The first-order valence-electron chi connectivity index (χ1n) is 7.32. The number of amides is 1. The van der Waals surface area contributed by atoms with Crippen molar-refractivity contribution in [1.82, 2.24) is 10.6 Å². The van der Waals surface area contributed by atoms with Crippen molar-refractivity contribution < 1.29 is 4.79 Å². The lowest BCUT2D eigenvalue weighted by atomic mass is 9.72. The van der Waals surface area contributed by atoms with Crippen LogP contribution in [0.25, 0.3) is 0 Å². The van der Waals surface area contributed by atoms with Gasteiger partial charge in [0.15, 0.2) is 0 Å². The SMILES string of the molecule is CCNCCNC(=O)C1(c2cccs2)CCCCC1. The van der Waals surface area contributed by atoms with Crippen LogP contribution in [0.2, 0.25) is 0 Å². The van der Waals surface area contributed by atoms with Crippen LogP contribution in [0.3, 0.4) is 0 Å². The second kappa shape index (κ2) is 7.06. The third-order valence-corrected chi connectivity index (χ3v) is 5.05. The summed E-state index contributed by atoms with van der Waals surface area (Å²) in [6, 6.07) is 4.18. The Morgan fingerprint density at radius 1 is 1.32 bits per heavy atom. The van der Waals surface area contributed by atoms with E-state index >= 15 is 0 Å². The molecule has 0 aromatic carbocycles. The van der Waals surface area contributed by atoms with E-state index in [-0.39, 0.29) is 11.3 Å². The van der Waals surface area contributed by atoms with Crippen LogP contribution in [0.5, 0.6) is 0 Å². The van der Waals surface area contributed by atoms with E-state index in [1.165, 1.54) is 24.1 Å². The Balaban J connectivity index is 2.03. The Labute approximate surface area is 119 Å². The maximum atomic E-state index is 12.6. The lowest BCUT2D eigenvalue weighted by Gasteiger charge is -2.35. The van der Waals surface area contributed by atoms with Gasteiger partial charge >= 0.3 is 0 Å². The molecule has 1 aliphatic rings. The van der Waals surface area contributed by atoms with E-state index in [2.05, 4.69) is 35.1 Å². The lowest BCUT2D eigenvalue weighted by molar-refractivity contribution is -0.127. The first-order valence-corrected chi connectivity index (χ1v) is 8.20. The summed E-state index contributed by atoms with van der Waals surface area (Å²) in [5.41, 5.74) is -0.251. The molecular weight excluding hydrogens is 256 g/mol. The fraction of sp³-hybridized carbons (Fsp3) is 0.667. The monoisotopic (exact) mass is 280 g/mol. The zero-order valence-corrected chi connectivity index (χ0v) is 12.5. The maximum Gasteiger partial charge on any atom is 0.231 e. The fourth-order valence-electron chi connectivity index (χ4n) is 2.90. The predicted octanol–water partition coefficient (Wildman–Crippen LogP) is 2.68. The summed E-state index contributed by atoms with van der Waals surface area (Å²) >= 11 is 1.72. The molecule has 0 aliphatic heterocycles. The van der Waals surface area contributed by atoms with Crippen LogP contribution >= 0.6 is 11.3 Å². The molecule has 2 N–H and O–H groups in total. The van der Waals surface area contributed by atoms with Gasteiger partial charge in [-0.15, -0.1) is 11.3 Å². The van der Waals surface area contributed by atoms with Crippen molar-refractivity contribution >= 4 is 17.2 Å². The highest BCUT2D eigenvalue weighted by Gasteiger charge is 2.41. The van der Waals surface area contributed by atoms with Crippen molar-refractivity contribution in [3.8, 4) is 0 Å². The highest BCUT2D eigenvalue weighted by Crippen LogP contribution is 2.41. The first-order chi connectivity index (χ1) is 9.29. The summed E-state index contributed by atoms with van der Waals surface area (Å²) in [7, 11) is 0. The highest BCUT2D eigenvalue weighted by molar-refractivity contribution is 7.10. The van der Waals surface area contributed by atoms with Crippen LogP contribution in [0.1, 0.15) is 43.9 Å². The summed E-state index contributed by atoms with van der Waals surface area (Å²) in [6.45, 7) is 4.60. The summed E-state index contributed by atoms with van der Waals surface area (Å²) in [4.78, 5) is 13.9. The van der Waals surface area contributed by atoms with Crippen LogP contribution in [-0.2, 0) is 10.2 Å². The molecule has 1 heterocycles. The van der Waals surface area contributed by atoms with Gasteiger partial charge in [-0.25, -0.2) is 0 Å². The molecule has 19 heavy (non-hydrogen) atoms.